The van der Waals surface area contributed by atoms with Crippen LogP contribution in [0.15, 0.2) is 36.0 Å². The summed E-state index contributed by atoms with van der Waals surface area (Å²) in [5.41, 5.74) is 2.09. The fourth-order valence-corrected chi connectivity index (χ4v) is 2.34. The zero-order chi connectivity index (χ0) is 13.1. The topological polar surface area (TPSA) is 0 Å². The fourth-order valence-electron chi connectivity index (χ4n) is 2.34. The average molecular weight is 232 g/mol. The lowest BCUT2D eigenvalue weighted by Gasteiger charge is -2.26. The molecule has 0 fully saturated rings. The summed E-state index contributed by atoms with van der Waals surface area (Å²) in [6.45, 7) is 13.8. The molecule has 0 radical (unpaired) electrons. The molecule has 1 atom stereocenters. The van der Waals surface area contributed by atoms with E-state index in [1.165, 1.54) is 18.4 Å². The van der Waals surface area contributed by atoms with E-state index in [2.05, 4.69) is 71.9 Å². The molecule has 0 aliphatic heterocycles. The molecule has 17 heavy (non-hydrogen) atoms. The minimum atomic E-state index is 0.193. The summed E-state index contributed by atoms with van der Waals surface area (Å²) >= 11 is 0. The molecule has 0 saturated heterocycles. The maximum absolute atomic E-state index is 2.33. The lowest BCUT2D eigenvalue weighted by Crippen LogP contribution is -2.14. The van der Waals surface area contributed by atoms with Gasteiger partial charge in [-0.2, -0.15) is 0 Å². The van der Waals surface area contributed by atoms with Gasteiger partial charge in [0.2, 0.25) is 0 Å². The molecule has 0 spiro atoms. The molecule has 0 nitrogen and oxygen atoms in total. The van der Waals surface area contributed by atoms with E-state index in [1.54, 1.807) is 0 Å². The molecule has 0 heterocycles. The highest BCUT2D eigenvalue weighted by Crippen LogP contribution is 2.33. The Hall–Kier alpha value is -0.780. The van der Waals surface area contributed by atoms with Crippen LogP contribution in [0, 0.1) is 16.7 Å². The standard InChI is InChI=1S/C17H28/c1-7-14(13-16(2,3)4)15-9-8-11-17(5,6)12-10-15/h8-12,14H,7,13H2,1-6H3. The first-order chi connectivity index (χ1) is 7.73. The Bertz CT molecular complexity index is 332. The molecule has 0 heteroatoms. The minimum absolute atomic E-state index is 0.193. The van der Waals surface area contributed by atoms with Crippen LogP contribution in [0.4, 0.5) is 0 Å². The van der Waals surface area contributed by atoms with Crippen molar-refractivity contribution in [2.45, 2.75) is 54.4 Å². The Balaban J connectivity index is 2.85. The Morgan fingerprint density at radius 2 is 1.82 bits per heavy atom. The van der Waals surface area contributed by atoms with E-state index in [1.807, 2.05) is 0 Å². The zero-order valence-corrected chi connectivity index (χ0v) is 12.4. The van der Waals surface area contributed by atoms with Gasteiger partial charge in [0.15, 0.2) is 0 Å². The molecular weight excluding hydrogens is 204 g/mol. The first-order valence-corrected chi connectivity index (χ1v) is 6.82. The molecule has 1 aliphatic carbocycles. The molecule has 1 aliphatic rings. The third-order valence-corrected chi connectivity index (χ3v) is 3.34. The van der Waals surface area contributed by atoms with Crippen LogP contribution in [0.25, 0.3) is 0 Å². The predicted octanol–water partition coefficient (Wildman–Crippen LogP) is 5.53. The van der Waals surface area contributed by atoms with Gasteiger partial charge >= 0.3 is 0 Å². The number of hydrogen-bond donors (Lipinski definition) is 0. The van der Waals surface area contributed by atoms with Gasteiger partial charge in [0, 0.05) is 5.41 Å². The molecule has 0 amide bonds. The van der Waals surface area contributed by atoms with Crippen molar-refractivity contribution in [3.8, 4) is 0 Å². The molecule has 0 aromatic carbocycles. The van der Waals surface area contributed by atoms with Crippen molar-refractivity contribution in [3.63, 3.8) is 0 Å². The first kappa shape index (κ1) is 14.3. The van der Waals surface area contributed by atoms with Gasteiger partial charge in [-0.25, -0.2) is 0 Å². The predicted molar refractivity (Wildman–Crippen MR) is 78.0 cm³/mol. The normalized spacial score (nSPS) is 20.9. The number of allylic oxidation sites excluding steroid dienone is 6. The summed E-state index contributed by atoms with van der Waals surface area (Å²) in [5.74, 6) is 0.685. The quantitative estimate of drug-likeness (QED) is 0.600. The SMILES string of the molecule is CCC(CC(C)(C)C)C1=CC=CC(C)(C)C=C1. The average Bonchev–Trinajstić information content (AvgIpc) is 2.34. The van der Waals surface area contributed by atoms with E-state index in [-0.39, 0.29) is 5.41 Å². The number of rotatable bonds is 3. The maximum atomic E-state index is 2.33. The lowest BCUT2D eigenvalue weighted by atomic mass is 9.79. The summed E-state index contributed by atoms with van der Waals surface area (Å²) in [7, 11) is 0. The van der Waals surface area contributed by atoms with Crippen LogP contribution < -0.4 is 0 Å². The van der Waals surface area contributed by atoms with Gasteiger partial charge in [-0.1, -0.05) is 71.9 Å². The van der Waals surface area contributed by atoms with E-state index in [9.17, 15) is 0 Å². The number of hydrogen-bond acceptors (Lipinski definition) is 0. The van der Waals surface area contributed by atoms with Crippen LogP contribution in [0.5, 0.6) is 0 Å². The van der Waals surface area contributed by atoms with Crippen molar-refractivity contribution in [2.24, 2.45) is 16.7 Å². The van der Waals surface area contributed by atoms with Crippen molar-refractivity contribution < 1.29 is 0 Å². The largest absolute Gasteiger partial charge is 0.0751 e. The molecule has 1 rings (SSSR count). The Labute approximate surface area is 108 Å². The Morgan fingerprint density at radius 1 is 1.18 bits per heavy atom. The van der Waals surface area contributed by atoms with Gasteiger partial charge in [-0.15, -0.1) is 0 Å². The van der Waals surface area contributed by atoms with Crippen LogP contribution in [-0.4, -0.2) is 0 Å². The van der Waals surface area contributed by atoms with Crippen molar-refractivity contribution in [3.05, 3.63) is 36.0 Å². The summed E-state index contributed by atoms with van der Waals surface area (Å²) in [6, 6.07) is 0. The molecule has 0 saturated carbocycles. The Kier molecular flexibility index (Phi) is 4.41. The summed E-state index contributed by atoms with van der Waals surface area (Å²) < 4.78 is 0. The van der Waals surface area contributed by atoms with Gasteiger partial charge in [0.1, 0.15) is 0 Å². The van der Waals surface area contributed by atoms with Gasteiger partial charge in [0.05, 0.1) is 0 Å². The van der Waals surface area contributed by atoms with Gasteiger partial charge in [-0.05, 0) is 29.7 Å². The monoisotopic (exact) mass is 232 g/mol. The molecule has 0 aromatic rings. The van der Waals surface area contributed by atoms with Crippen LogP contribution in [0.3, 0.4) is 0 Å². The van der Waals surface area contributed by atoms with Crippen molar-refractivity contribution >= 4 is 0 Å². The highest BCUT2D eigenvalue weighted by Gasteiger charge is 2.20. The smallest absolute Gasteiger partial charge is 0.00107 e. The van der Waals surface area contributed by atoms with E-state index in [0.717, 1.165) is 0 Å². The lowest BCUT2D eigenvalue weighted by molar-refractivity contribution is 0.315. The highest BCUT2D eigenvalue weighted by atomic mass is 14.3. The second-order valence-corrected chi connectivity index (χ2v) is 7.05. The second kappa shape index (κ2) is 5.25. The van der Waals surface area contributed by atoms with Crippen molar-refractivity contribution in [1.82, 2.24) is 0 Å². The molecule has 0 bridgehead atoms. The van der Waals surface area contributed by atoms with Crippen LogP contribution in [0.2, 0.25) is 0 Å². The van der Waals surface area contributed by atoms with E-state index in [4.69, 9.17) is 0 Å². The first-order valence-electron chi connectivity index (χ1n) is 6.82. The van der Waals surface area contributed by atoms with E-state index < -0.39 is 0 Å². The summed E-state index contributed by atoms with van der Waals surface area (Å²) in [5, 5.41) is 0. The van der Waals surface area contributed by atoms with Crippen LogP contribution in [-0.2, 0) is 0 Å². The molecule has 96 valence electrons. The molecule has 0 N–H and O–H groups in total. The fraction of sp³-hybridized carbons (Fsp3) is 0.647. The Morgan fingerprint density at radius 3 is 2.35 bits per heavy atom. The third kappa shape index (κ3) is 4.93. The molecule has 1 unspecified atom stereocenters. The highest BCUT2D eigenvalue weighted by molar-refractivity contribution is 5.32. The maximum Gasteiger partial charge on any atom is 0.00107 e. The van der Waals surface area contributed by atoms with Gasteiger partial charge in [0.25, 0.3) is 0 Å². The minimum Gasteiger partial charge on any atom is -0.0751 e. The van der Waals surface area contributed by atoms with Crippen molar-refractivity contribution in [1.29, 1.82) is 0 Å². The summed E-state index contributed by atoms with van der Waals surface area (Å²) in [6.07, 6.45) is 13.9. The zero-order valence-electron chi connectivity index (χ0n) is 12.4. The van der Waals surface area contributed by atoms with Crippen LogP contribution >= 0.6 is 0 Å². The van der Waals surface area contributed by atoms with Gasteiger partial charge in [-0.3, -0.25) is 0 Å². The van der Waals surface area contributed by atoms with E-state index >= 15 is 0 Å². The third-order valence-electron chi connectivity index (χ3n) is 3.34. The van der Waals surface area contributed by atoms with Gasteiger partial charge < -0.3 is 0 Å². The molecule has 0 aromatic heterocycles. The van der Waals surface area contributed by atoms with Crippen LogP contribution in [0.1, 0.15) is 54.4 Å². The second-order valence-electron chi connectivity index (χ2n) is 7.05. The molecular formula is C17H28. The van der Waals surface area contributed by atoms with Crippen molar-refractivity contribution in [2.75, 3.05) is 0 Å². The summed E-state index contributed by atoms with van der Waals surface area (Å²) in [4.78, 5) is 0. The van der Waals surface area contributed by atoms with E-state index in [0.29, 0.717) is 11.3 Å².